The lowest BCUT2D eigenvalue weighted by Crippen LogP contribution is -2.13. The van der Waals surface area contributed by atoms with Crippen LogP contribution in [0.15, 0.2) is 35.0 Å². The molecule has 144 valence electrons. The number of amides is 1. The number of anilines is 2. The van der Waals surface area contributed by atoms with E-state index in [0.29, 0.717) is 0 Å². The van der Waals surface area contributed by atoms with Gasteiger partial charge in [0.2, 0.25) is 5.76 Å². The van der Waals surface area contributed by atoms with Crippen LogP contribution in [0.5, 0.6) is 0 Å². The van der Waals surface area contributed by atoms with Crippen LogP contribution in [-0.2, 0) is 13.2 Å². The van der Waals surface area contributed by atoms with E-state index in [-0.39, 0.29) is 28.7 Å². The zero-order valence-electron chi connectivity index (χ0n) is 14.7. The van der Waals surface area contributed by atoms with E-state index in [9.17, 15) is 18.0 Å². The lowest BCUT2D eigenvalue weighted by atomic mass is 10.1. The highest BCUT2D eigenvalue weighted by Crippen LogP contribution is 2.33. The second-order valence-corrected chi connectivity index (χ2v) is 5.00. The molecule has 0 atom stereocenters. The van der Waals surface area contributed by atoms with Crippen molar-refractivity contribution in [1.29, 1.82) is 0 Å². The van der Waals surface area contributed by atoms with Crippen molar-refractivity contribution < 1.29 is 22.5 Å². The van der Waals surface area contributed by atoms with E-state index in [4.69, 9.17) is 10.3 Å². The molecule has 1 amide bonds. The fraction of sp³-hybridized carbons (Fsp3) is 0.250. The fourth-order valence-electron chi connectivity index (χ4n) is 2.13. The van der Waals surface area contributed by atoms with Gasteiger partial charge < -0.3 is 15.6 Å². The van der Waals surface area contributed by atoms with Crippen molar-refractivity contribution in [3.05, 3.63) is 41.9 Å². The summed E-state index contributed by atoms with van der Waals surface area (Å²) in [6.45, 7) is 4.00. The van der Waals surface area contributed by atoms with Crippen LogP contribution in [0.4, 0.5) is 24.8 Å². The Bertz CT molecular complexity index is 919. The average molecular weight is 382 g/mol. The lowest BCUT2D eigenvalue weighted by Gasteiger charge is -2.08. The molecule has 27 heavy (non-hydrogen) atoms. The van der Waals surface area contributed by atoms with Crippen LogP contribution in [0.1, 0.15) is 30.1 Å². The number of hydrogen-bond donors (Lipinski definition) is 2. The summed E-state index contributed by atoms with van der Waals surface area (Å²) in [6, 6.07) is 5.08. The minimum atomic E-state index is -4.57. The number of hydrogen-bond acceptors (Lipinski definition) is 6. The number of nitrogen functional groups attached to an aromatic ring is 1. The SMILES string of the molecule is CC.Cn1nc(C(F)(F)F)cc1-c1ccc(NC(=O)c2ccno2)nc1N. The highest BCUT2D eigenvalue weighted by molar-refractivity contribution is 6.01. The molecule has 0 aliphatic carbocycles. The normalized spacial score (nSPS) is 10.9. The zero-order chi connectivity index (χ0) is 20.2. The number of nitrogens with zero attached hydrogens (tertiary/aromatic N) is 4. The summed E-state index contributed by atoms with van der Waals surface area (Å²) in [5.41, 5.74) is 5.18. The molecular weight excluding hydrogens is 365 g/mol. The number of halogens is 3. The van der Waals surface area contributed by atoms with Crippen molar-refractivity contribution in [2.45, 2.75) is 20.0 Å². The molecule has 0 spiro atoms. The Kier molecular flexibility index (Phi) is 5.83. The number of alkyl halides is 3. The summed E-state index contributed by atoms with van der Waals surface area (Å²) in [4.78, 5) is 15.8. The maximum Gasteiger partial charge on any atom is 0.435 e. The van der Waals surface area contributed by atoms with Crippen LogP contribution >= 0.6 is 0 Å². The third-order valence-corrected chi connectivity index (χ3v) is 3.27. The van der Waals surface area contributed by atoms with Crippen molar-refractivity contribution in [3.8, 4) is 11.3 Å². The Morgan fingerprint density at radius 2 is 1.96 bits per heavy atom. The number of aryl methyl sites for hydroxylation is 1. The van der Waals surface area contributed by atoms with Crippen LogP contribution in [0.3, 0.4) is 0 Å². The van der Waals surface area contributed by atoms with Crippen molar-refractivity contribution in [2.75, 3.05) is 11.1 Å². The van der Waals surface area contributed by atoms with Crippen molar-refractivity contribution in [2.24, 2.45) is 7.05 Å². The predicted octanol–water partition coefficient (Wildman–Crippen LogP) is 3.35. The molecule has 0 aromatic carbocycles. The molecular formula is C16H17F3N6O2. The van der Waals surface area contributed by atoms with Crippen LogP contribution in [0.2, 0.25) is 0 Å². The molecule has 11 heteroatoms. The van der Waals surface area contributed by atoms with Gasteiger partial charge in [-0.1, -0.05) is 19.0 Å². The Labute approximate surface area is 152 Å². The Hall–Kier alpha value is -3.37. The molecule has 0 saturated carbocycles. The highest BCUT2D eigenvalue weighted by Gasteiger charge is 2.35. The van der Waals surface area contributed by atoms with Gasteiger partial charge in [0, 0.05) is 18.7 Å². The van der Waals surface area contributed by atoms with Gasteiger partial charge in [0.1, 0.15) is 11.6 Å². The highest BCUT2D eigenvalue weighted by atomic mass is 19.4. The second kappa shape index (κ2) is 7.89. The summed E-state index contributed by atoms with van der Waals surface area (Å²) in [5, 5.41) is 9.27. The standard InChI is InChI=1S/C14H11F3N6O2.C2H6/c1-23-8(6-10(22-23)14(15,16)17)7-2-3-11(20-12(7)18)21-13(24)9-4-5-19-25-9;1-2/h2-6H,1H3,(H3,18,20,21,24);1-2H3. The largest absolute Gasteiger partial charge is 0.435 e. The number of carbonyl (C=O) groups is 1. The molecule has 3 aromatic rings. The molecule has 3 heterocycles. The van der Waals surface area contributed by atoms with Crippen LogP contribution < -0.4 is 11.1 Å². The maximum absolute atomic E-state index is 12.8. The van der Waals surface area contributed by atoms with E-state index in [0.717, 1.165) is 10.7 Å². The molecule has 8 nitrogen and oxygen atoms in total. The van der Waals surface area contributed by atoms with Gasteiger partial charge in [-0.05, 0) is 18.2 Å². The number of aromatic nitrogens is 4. The van der Waals surface area contributed by atoms with E-state index in [1.165, 1.54) is 31.4 Å². The van der Waals surface area contributed by atoms with Gasteiger partial charge in [-0.3, -0.25) is 9.48 Å². The van der Waals surface area contributed by atoms with Gasteiger partial charge in [0.25, 0.3) is 5.91 Å². The first-order valence-corrected chi connectivity index (χ1v) is 7.86. The molecule has 0 unspecified atom stereocenters. The summed E-state index contributed by atoms with van der Waals surface area (Å²) < 4.78 is 44.0. The van der Waals surface area contributed by atoms with Crippen molar-refractivity contribution in [3.63, 3.8) is 0 Å². The van der Waals surface area contributed by atoms with Gasteiger partial charge in [-0.15, -0.1) is 0 Å². The molecule has 0 aliphatic heterocycles. The van der Waals surface area contributed by atoms with E-state index in [2.05, 4.69) is 20.6 Å². The fourth-order valence-corrected chi connectivity index (χ4v) is 2.13. The smallest absolute Gasteiger partial charge is 0.383 e. The maximum atomic E-state index is 12.8. The van der Waals surface area contributed by atoms with Gasteiger partial charge >= 0.3 is 6.18 Å². The van der Waals surface area contributed by atoms with Crippen molar-refractivity contribution >= 4 is 17.5 Å². The van der Waals surface area contributed by atoms with E-state index in [1.54, 1.807) is 0 Å². The summed E-state index contributed by atoms with van der Waals surface area (Å²) in [6.07, 6.45) is -3.26. The van der Waals surface area contributed by atoms with Gasteiger partial charge in [-0.2, -0.15) is 18.3 Å². The molecule has 0 radical (unpaired) electrons. The summed E-state index contributed by atoms with van der Waals surface area (Å²) in [5.74, 6) is -0.559. The Morgan fingerprint density at radius 1 is 1.26 bits per heavy atom. The number of carbonyl (C=O) groups excluding carboxylic acids is 1. The predicted molar refractivity (Wildman–Crippen MR) is 91.7 cm³/mol. The average Bonchev–Trinajstić information content (AvgIpc) is 3.26. The van der Waals surface area contributed by atoms with Crippen LogP contribution in [-0.4, -0.2) is 25.8 Å². The van der Waals surface area contributed by atoms with E-state index < -0.39 is 17.8 Å². The topological polar surface area (TPSA) is 112 Å². The minimum absolute atomic E-state index is 0.0223. The van der Waals surface area contributed by atoms with Gasteiger partial charge in [0.05, 0.1) is 11.9 Å². The summed E-state index contributed by atoms with van der Waals surface area (Å²) >= 11 is 0. The number of nitrogens with two attached hydrogens (primary N) is 1. The van der Waals surface area contributed by atoms with E-state index in [1.807, 2.05) is 13.8 Å². The third kappa shape index (κ3) is 4.43. The monoisotopic (exact) mass is 382 g/mol. The molecule has 3 rings (SSSR count). The Morgan fingerprint density at radius 3 is 2.48 bits per heavy atom. The number of rotatable bonds is 3. The second-order valence-electron chi connectivity index (χ2n) is 5.00. The minimum Gasteiger partial charge on any atom is -0.383 e. The number of pyridine rings is 1. The van der Waals surface area contributed by atoms with Crippen LogP contribution in [0, 0.1) is 0 Å². The summed E-state index contributed by atoms with van der Waals surface area (Å²) in [7, 11) is 1.36. The molecule has 0 fully saturated rings. The quantitative estimate of drug-likeness (QED) is 0.718. The Balaban J connectivity index is 0.00000126. The zero-order valence-corrected chi connectivity index (χ0v) is 14.7. The third-order valence-electron chi connectivity index (χ3n) is 3.27. The first-order valence-electron chi connectivity index (χ1n) is 7.86. The van der Waals surface area contributed by atoms with Gasteiger partial charge in [0.15, 0.2) is 5.69 Å². The van der Waals surface area contributed by atoms with Crippen LogP contribution in [0.25, 0.3) is 11.3 Å². The molecule has 0 saturated heterocycles. The first kappa shape index (κ1) is 19.9. The molecule has 0 aliphatic rings. The molecule has 3 aromatic heterocycles. The van der Waals surface area contributed by atoms with Gasteiger partial charge in [-0.25, -0.2) is 4.98 Å². The van der Waals surface area contributed by atoms with E-state index >= 15 is 0 Å². The molecule has 0 bridgehead atoms. The van der Waals surface area contributed by atoms with Crippen molar-refractivity contribution in [1.82, 2.24) is 19.9 Å². The number of nitrogens with one attached hydrogen (secondary N) is 1. The molecule has 3 N–H and O–H groups in total. The lowest BCUT2D eigenvalue weighted by molar-refractivity contribution is -0.141. The first-order chi connectivity index (χ1) is 12.8.